The number of carbonyl (C=O) groups excluding carboxylic acids is 1. The van der Waals surface area contributed by atoms with Crippen LogP contribution in [0.2, 0.25) is 0 Å². The Labute approximate surface area is 89.0 Å². The molecule has 0 radical (unpaired) electrons. The molecular formula is C9H11NO4S. The van der Waals surface area contributed by atoms with Crippen molar-refractivity contribution in [2.75, 3.05) is 5.88 Å². The van der Waals surface area contributed by atoms with Crippen LogP contribution in [0.5, 0.6) is 0 Å². The maximum absolute atomic E-state index is 11.1. The molecule has 1 aromatic carbocycles. The third-order valence-corrected chi connectivity index (χ3v) is 1.96. The summed E-state index contributed by atoms with van der Waals surface area (Å²) in [5.74, 6) is -0.881. The molecule has 0 aromatic heterocycles. The summed E-state index contributed by atoms with van der Waals surface area (Å²) < 4.78 is 20.2. The Kier molecular flexibility index (Phi) is 4.79. The van der Waals surface area contributed by atoms with Crippen LogP contribution in [0.15, 0.2) is 30.3 Å². The van der Waals surface area contributed by atoms with Gasteiger partial charge in [0.05, 0.1) is 6.42 Å². The summed E-state index contributed by atoms with van der Waals surface area (Å²) in [4.78, 5) is 15.6. The van der Waals surface area contributed by atoms with Crippen molar-refractivity contribution in [1.29, 1.82) is 0 Å². The minimum atomic E-state index is -2.58. The zero-order valence-electron chi connectivity index (χ0n) is 7.88. The molecule has 0 heterocycles. The van der Waals surface area contributed by atoms with Gasteiger partial charge in [-0.3, -0.25) is 4.79 Å². The smallest absolute Gasteiger partial charge is 0.329 e. The Balaban J connectivity index is 2.31. The first-order chi connectivity index (χ1) is 7.18. The Morgan fingerprint density at radius 1 is 1.27 bits per heavy atom. The number of carbonyl (C=O) groups is 1. The van der Waals surface area contributed by atoms with Crippen LogP contribution < -0.4 is 5.48 Å². The van der Waals surface area contributed by atoms with E-state index in [9.17, 15) is 13.2 Å². The number of benzene rings is 1. The molecule has 0 aliphatic heterocycles. The molecule has 5 nitrogen and oxygen atoms in total. The first kappa shape index (κ1) is 11.7. The van der Waals surface area contributed by atoms with Gasteiger partial charge < -0.3 is 4.84 Å². The van der Waals surface area contributed by atoms with Crippen LogP contribution in [0.1, 0.15) is 5.56 Å². The van der Waals surface area contributed by atoms with Gasteiger partial charge in [-0.05, 0) is 5.56 Å². The largest absolute Gasteiger partial charge is 0.369 e. The van der Waals surface area contributed by atoms with Crippen LogP contribution in [0.4, 0.5) is 0 Å². The van der Waals surface area contributed by atoms with E-state index in [2.05, 4.69) is 10.3 Å². The molecule has 0 fully saturated rings. The van der Waals surface area contributed by atoms with E-state index in [4.69, 9.17) is 0 Å². The van der Waals surface area contributed by atoms with Gasteiger partial charge in [-0.25, -0.2) is 8.42 Å². The minimum absolute atomic E-state index is 0.115. The highest BCUT2D eigenvalue weighted by Gasteiger charge is 2.03. The van der Waals surface area contributed by atoms with Crippen molar-refractivity contribution in [3.05, 3.63) is 35.9 Å². The highest BCUT2D eigenvalue weighted by atomic mass is 32.2. The maximum atomic E-state index is 11.1. The molecule has 0 saturated carbocycles. The van der Waals surface area contributed by atoms with Gasteiger partial charge in [-0.15, -0.1) is 5.48 Å². The summed E-state index contributed by atoms with van der Waals surface area (Å²) in [6.07, 6.45) is 0.115. The lowest BCUT2D eigenvalue weighted by atomic mass is 10.2. The Morgan fingerprint density at radius 2 is 1.93 bits per heavy atom. The zero-order chi connectivity index (χ0) is 11.1. The molecule has 6 heteroatoms. The number of hydrogen-bond acceptors (Lipinski definition) is 5. The molecule has 0 amide bonds. The summed E-state index contributed by atoms with van der Waals surface area (Å²) in [6, 6.07) is 9.04. The lowest BCUT2D eigenvalue weighted by Gasteiger charge is -2.02. The molecule has 0 aliphatic rings. The number of hydrogen-bond donors (Lipinski definition) is 2. The molecule has 0 unspecified atom stereocenters. The summed E-state index contributed by atoms with van der Waals surface area (Å²) in [5.41, 5.74) is 2.87. The molecular weight excluding hydrogens is 218 g/mol. The maximum Gasteiger partial charge on any atom is 0.329 e. The van der Waals surface area contributed by atoms with Gasteiger partial charge in [0.2, 0.25) is 0 Å². The normalized spacial score (nSPS) is 10.2. The zero-order valence-corrected chi connectivity index (χ0v) is 8.78. The van der Waals surface area contributed by atoms with Crippen molar-refractivity contribution in [3.63, 3.8) is 0 Å². The number of hydroxylamine groups is 1. The third-order valence-electron chi connectivity index (χ3n) is 1.57. The van der Waals surface area contributed by atoms with Crippen molar-refractivity contribution >= 4 is 16.7 Å². The molecule has 1 rings (SSSR count). The molecule has 15 heavy (non-hydrogen) atoms. The van der Waals surface area contributed by atoms with E-state index >= 15 is 0 Å². The van der Waals surface area contributed by atoms with Crippen LogP contribution in [0.3, 0.4) is 0 Å². The Hall–Kier alpha value is -1.40. The Morgan fingerprint density at radius 3 is 2.53 bits per heavy atom. The van der Waals surface area contributed by atoms with Crippen LogP contribution in [0, 0.1) is 0 Å². The van der Waals surface area contributed by atoms with Crippen molar-refractivity contribution < 1.29 is 18.0 Å². The molecule has 82 valence electrons. The van der Waals surface area contributed by atoms with Crippen molar-refractivity contribution in [2.45, 2.75) is 6.42 Å². The molecule has 0 spiro atoms. The average molecular weight is 229 g/mol. The Bertz CT molecular complexity index is 380. The lowest BCUT2D eigenvalue weighted by Crippen LogP contribution is -2.22. The fourth-order valence-corrected chi connectivity index (χ4v) is 1.13. The first-order valence-electron chi connectivity index (χ1n) is 4.27. The van der Waals surface area contributed by atoms with E-state index in [-0.39, 0.29) is 12.3 Å². The molecule has 0 atom stereocenters. The molecule has 0 bridgehead atoms. The van der Waals surface area contributed by atoms with Crippen molar-refractivity contribution in [1.82, 2.24) is 5.48 Å². The van der Waals surface area contributed by atoms with Crippen LogP contribution in [0.25, 0.3) is 0 Å². The highest BCUT2D eigenvalue weighted by molar-refractivity contribution is 7.72. The number of thiol groups is 1. The second-order valence-electron chi connectivity index (χ2n) is 2.77. The molecule has 0 aliphatic carbocycles. The average Bonchev–Trinajstić information content (AvgIpc) is 2.18. The topological polar surface area (TPSA) is 72.5 Å². The van der Waals surface area contributed by atoms with Gasteiger partial charge in [0.15, 0.2) is 10.7 Å². The van der Waals surface area contributed by atoms with Crippen molar-refractivity contribution in [3.8, 4) is 0 Å². The lowest BCUT2D eigenvalue weighted by molar-refractivity contribution is -0.149. The van der Waals surface area contributed by atoms with Gasteiger partial charge in [0.1, 0.15) is 5.88 Å². The van der Waals surface area contributed by atoms with Gasteiger partial charge in [0.25, 0.3) is 0 Å². The number of rotatable bonds is 5. The van der Waals surface area contributed by atoms with E-state index in [0.717, 1.165) is 5.56 Å². The number of nitrogens with one attached hydrogen (secondary N) is 1. The fourth-order valence-electron chi connectivity index (χ4n) is 0.964. The standard InChI is InChI=1S/C9H11NO4S/c11-9(14-10-7-15(12)13)6-8-4-2-1-3-5-8/h1-5,10,15H,6-7H2. The van der Waals surface area contributed by atoms with E-state index in [1.54, 1.807) is 12.1 Å². The highest BCUT2D eigenvalue weighted by Crippen LogP contribution is 1.99. The van der Waals surface area contributed by atoms with E-state index in [1.165, 1.54) is 0 Å². The van der Waals surface area contributed by atoms with Gasteiger partial charge >= 0.3 is 5.97 Å². The fraction of sp³-hybridized carbons (Fsp3) is 0.222. The van der Waals surface area contributed by atoms with E-state index in [1.807, 2.05) is 18.2 Å². The summed E-state index contributed by atoms with van der Waals surface area (Å²) in [5, 5.41) is 0. The second-order valence-corrected chi connectivity index (χ2v) is 3.75. The predicted molar refractivity (Wildman–Crippen MR) is 54.6 cm³/mol. The SMILES string of the molecule is O=C(Cc1ccccc1)ONC[SH](=O)=O. The van der Waals surface area contributed by atoms with Crippen LogP contribution in [-0.2, 0) is 26.8 Å². The molecule has 1 N–H and O–H groups in total. The minimum Gasteiger partial charge on any atom is -0.369 e. The first-order valence-corrected chi connectivity index (χ1v) is 5.63. The third kappa shape index (κ3) is 5.14. The van der Waals surface area contributed by atoms with Gasteiger partial charge in [-0.1, -0.05) is 30.3 Å². The van der Waals surface area contributed by atoms with Crippen LogP contribution in [-0.4, -0.2) is 20.3 Å². The van der Waals surface area contributed by atoms with Crippen molar-refractivity contribution in [2.24, 2.45) is 0 Å². The summed E-state index contributed by atoms with van der Waals surface area (Å²) in [6.45, 7) is 0. The quantitative estimate of drug-likeness (QED) is 0.542. The van der Waals surface area contributed by atoms with Crippen LogP contribution >= 0.6 is 0 Å². The molecule has 0 saturated heterocycles. The predicted octanol–water partition coefficient (Wildman–Crippen LogP) is -0.154. The summed E-state index contributed by atoms with van der Waals surface area (Å²) in [7, 11) is -2.58. The summed E-state index contributed by atoms with van der Waals surface area (Å²) >= 11 is 0. The monoisotopic (exact) mass is 229 g/mol. The second kappa shape index (κ2) is 6.15. The van der Waals surface area contributed by atoms with Gasteiger partial charge in [0, 0.05) is 0 Å². The van der Waals surface area contributed by atoms with E-state index in [0.29, 0.717) is 0 Å². The van der Waals surface area contributed by atoms with E-state index < -0.39 is 16.7 Å². The van der Waals surface area contributed by atoms with Gasteiger partial charge in [-0.2, -0.15) is 0 Å². The molecule has 1 aromatic rings.